The Labute approximate surface area is 124 Å². The van der Waals surface area contributed by atoms with Gasteiger partial charge in [-0.15, -0.1) is 0 Å². The Morgan fingerprint density at radius 1 is 0.800 bits per heavy atom. The van der Waals surface area contributed by atoms with Gasteiger partial charge in [-0.2, -0.15) is 0 Å². The maximum Gasteiger partial charge on any atom is -0.00102 e. The van der Waals surface area contributed by atoms with E-state index in [0.29, 0.717) is 5.41 Å². The van der Waals surface area contributed by atoms with Crippen molar-refractivity contribution in [3.8, 4) is 0 Å². The number of likely N-dealkylation sites (tertiary alicyclic amines) is 1. The summed E-state index contributed by atoms with van der Waals surface area (Å²) >= 11 is 0. The molecule has 3 rings (SSSR count). The molecule has 0 radical (unpaired) electrons. The van der Waals surface area contributed by atoms with Crippen molar-refractivity contribution in [3.05, 3.63) is 35.9 Å². The number of nitrogens with zero attached hydrogens (tertiary/aromatic N) is 1. The van der Waals surface area contributed by atoms with Crippen LogP contribution in [0.2, 0.25) is 0 Å². The highest BCUT2D eigenvalue weighted by atomic mass is 15.1. The zero-order valence-electron chi connectivity index (χ0n) is 12.8. The quantitative estimate of drug-likeness (QED) is 0.763. The predicted molar refractivity (Wildman–Crippen MR) is 86.1 cm³/mol. The van der Waals surface area contributed by atoms with E-state index in [1.165, 1.54) is 77.4 Å². The van der Waals surface area contributed by atoms with E-state index in [2.05, 4.69) is 35.2 Å². The minimum atomic E-state index is 0.483. The first kappa shape index (κ1) is 14.1. The normalized spacial score (nSPS) is 23.6. The molecule has 0 N–H and O–H groups in total. The molecule has 1 heteroatoms. The van der Waals surface area contributed by atoms with Crippen molar-refractivity contribution >= 4 is 0 Å². The van der Waals surface area contributed by atoms with Gasteiger partial charge in [-0.25, -0.2) is 0 Å². The Balaban J connectivity index is 1.69. The van der Waals surface area contributed by atoms with Crippen LogP contribution in [0.3, 0.4) is 0 Å². The van der Waals surface area contributed by atoms with Crippen molar-refractivity contribution in [2.24, 2.45) is 0 Å². The van der Waals surface area contributed by atoms with E-state index in [0.717, 1.165) is 0 Å². The molecular weight excluding hydrogens is 242 g/mol. The average molecular weight is 271 g/mol. The van der Waals surface area contributed by atoms with E-state index < -0.39 is 0 Å². The van der Waals surface area contributed by atoms with Gasteiger partial charge in [-0.05, 0) is 62.7 Å². The standard InChI is InChI=1S/C19H29N/c1-4-10-18(11-5-1)19(12-6-2-7-13-19)14-17-20-15-8-3-9-16-20/h1,4-5,10-11H,2-3,6-9,12-17H2. The molecule has 1 aromatic carbocycles. The third-order valence-electron chi connectivity index (χ3n) is 5.55. The average Bonchev–Trinajstić information content (AvgIpc) is 2.56. The lowest BCUT2D eigenvalue weighted by molar-refractivity contribution is 0.182. The Hall–Kier alpha value is -0.820. The third kappa shape index (κ3) is 3.25. The molecule has 0 bridgehead atoms. The van der Waals surface area contributed by atoms with Gasteiger partial charge in [-0.1, -0.05) is 56.0 Å². The largest absolute Gasteiger partial charge is 0.303 e. The molecule has 110 valence electrons. The van der Waals surface area contributed by atoms with E-state index in [1.54, 1.807) is 5.56 Å². The van der Waals surface area contributed by atoms with E-state index in [4.69, 9.17) is 0 Å². The number of benzene rings is 1. The monoisotopic (exact) mass is 271 g/mol. The van der Waals surface area contributed by atoms with E-state index in [9.17, 15) is 0 Å². The second-order valence-corrected chi connectivity index (χ2v) is 6.86. The summed E-state index contributed by atoms with van der Waals surface area (Å²) in [6, 6.07) is 11.4. The summed E-state index contributed by atoms with van der Waals surface area (Å²) in [5.41, 5.74) is 2.09. The highest BCUT2D eigenvalue weighted by molar-refractivity contribution is 5.26. The van der Waals surface area contributed by atoms with Crippen molar-refractivity contribution in [3.63, 3.8) is 0 Å². The van der Waals surface area contributed by atoms with Crippen molar-refractivity contribution < 1.29 is 0 Å². The minimum absolute atomic E-state index is 0.483. The van der Waals surface area contributed by atoms with Crippen LogP contribution in [0.25, 0.3) is 0 Å². The lowest BCUT2D eigenvalue weighted by Gasteiger charge is -2.40. The molecule has 0 unspecified atom stereocenters. The maximum absolute atomic E-state index is 2.71. The molecule has 20 heavy (non-hydrogen) atoms. The lowest BCUT2D eigenvalue weighted by atomic mass is 9.67. The Kier molecular flexibility index (Phi) is 4.77. The molecule has 1 aromatic rings. The van der Waals surface area contributed by atoms with Crippen LogP contribution in [-0.4, -0.2) is 24.5 Å². The molecular formula is C19H29N. The van der Waals surface area contributed by atoms with E-state index in [-0.39, 0.29) is 0 Å². The summed E-state index contributed by atoms with van der Waals surface area (Å²) in [6.07, 6.45) is 12.8. The van der Waals surface area contributed by atoms with E-state index in [1.807, 2.05) is 0 Å². The second kappa shape index (κ2) is 6.76. The summed E-state index contributed by atoms with van der Waals surface area (Å²) in [6.45, 7) is 3.99. The van der Waals surface area contributed by atoms with Crippen molar-refractivity contribution in [1.82, 2.24) is 4.90 Å². The molecule has 1 aliphatic carbocycles. The highest BCUT2D eigenvalue weighted by Crippen LogP contribution is 2.42. The first-order valence-corrected chi connectivity index (χ1v) is 8.67. The van der Waals surface area contributed by atoms with Gasteiger partial charge in [0.1, 0.15) is 0 Å². The molecule has 1 aliphatic heterocycles. The van der Waals surface area contributed by atoms with Gasteiger partial charge in [0.25, 0.3) is 0 Å². The minimum Gasteiger partial charge on any atom is -0.303 e. The van der Waals surface area contributed by atoms with Crippen LogP contribution in [0.4, 0.5) is 0 Å². The fourth-order valence-electron chi connectivity index (χ4n) is 4.26. The smallest absolute Gasteiger partial charge is 0.00102 e. The molecule has 2 fully saturated rings. The lowest BCUT2D eigenvalue weighted by Crippen LogP contribution is -2.37. The summed E-state index contributed by atoms with van der Waals surface area (Å²) in [7, 11) is 0. The van der Waals surface area contributed by atoms with Crippen LogP contribution in [0.1, 0.15) is 63.4 Å². The molecule has 0 amide bonds. The molecule has 0 atom stereocenters. The molecule has 1 heterocycles. The third-order valence-corrected chi connectivity index (χ3v) is 5.55. The van der Waals surface area contributed by atoms with Gasteiger partial charge < -0.3 is 4.90 Å². The molecule has 1 saturated carbocycles. The van der Waals surface area contributed by atoms with Crippen LogP contribution >= 0.6 is 0 Å². The summed E-state index contributed by atoms with van der Waals surface area (Å²) in [5, 5.41) is 0. The zero-order chi connectivity index (χ0) is 13.7. The molecule has 0 aromatic heterocycles. The molecule has 0 spiro atoms. The van der Waals surface area contributed by atoms with Gasteiger partial charge in [0.15, 0.2) is 0 Å². The second-order valence-electron chi connectivity index (χ2n) is 6.86. The number of rotatable bonds is 4. The number of hydrogen-bond donors (Lipinski definition) is 0. The van der Waals surface area contributed by atoms with Crippen molar-refractivity contribution in [1.29, 1.82) is 0 Å². The van der Waals surface area contributed by atoms with Gasteiger partial charge in [-0.3, -0.25) is 0 Å². The first-order chi connectivity index (χ1) is 9.89. The van der Waals surface area contributed by atoms with Crippen molar-refractivity contribution in [2.45, 2.75) is 63.2 Å². The fraction of sp³-hybridized carbons (Fsp3) is 0.684. The van der Waals surface area contributed by atoms with Gasteiger partial charge in [0.2, 0.25) is 0 Å². The van der Waals surface area contributed by atoms with Crippen molar-refractivity contribution in [2.75, 3.05) is 19.6 Å². The Morgan fingerprint density at radius 3 is 2.15 bits per heavy atom. The molecule has 1 saturated heterocycles. The van der Waals surface area contributed by atoms with E-state index >= 15 is 0 Å². The van der Waals surface area contributed by atoms with Gasteiger partial charge in [0, 0.05) is 0 Å². The Bertz CT molecular complexity index is 385. The van der Waals surface area contributed by atoms with Gasteiger partial charge in [0.05, 0.1) is 0 Å². The van der Waals surface area contributed by atoms with Gasteiger partial charge >= 0.3 is 0 Å². The SMILES string of the molecule is c1ccc(C2(CCN3CCCCC3)CCCCC2)cc1. The predicted octanol–water partition coefficient (Wildman–Crippen LogP) is 4.76. The molecule has 1 nitrogen and oxygen atoms in total. The summed E-state index contributed by atoms with van der Waals surface area (Å²) in [4.78, 5) is 2.71. The number of piperidine rings is 1. The number of hydrogen-bond acceptors (Lipinski definition) is 1. The maximum atomic E-state index is 2.71. The molecule has 2 aliphatic rings. The van der Waals surface area contributed by atoms with Crippen LogP contribution in [0.15, 0.2) is 30.3 Å². The van der Waals surface area contributed by atoms with Crippen LogP contribution in [-0.2, 0) is 5.41 Å². The first-order valence-electron chi connectivity index (χ1n) is 8.67. The van der Waals surface area contributed by atoms with Crippen LogP contribution in [0.5, 0.6) is 0 Å². The summed E-state index contributed by atoms with van der Waals surface area (Å²) in [5.74, 6) is 0. The zero-order valence-corrected chi connectivity index (χ0v) is 12.8. The summed E-state index contributed by atoms with van der Waals surface area (Å²) < 4.78 is 0. The van der Waals surface area contributed by atoms with Crippen LogP contribution in [0, 0.1) is 0 Å². The fourth-order valence-corrected chi connectivity index (χ4v) is 4.26. The topological polar surface area (TPSA) is 3.24 Å². The highest BCUT2D eigenvalue weighted by Gasteiger charge is 2.33. The van der Waals surface area contributed by atoms with Crippen LogP contribution < -0.4 is 0 Å². The Morgan fingerprint density at radius 2 is 1.45 bits per heavy atom.